The molecule has 0 aromatic carbocycles. The summed E-state index contributed by atoms with van der Waals surface area (Å²) in [7, 11) is 4.13. The second kappa shape index (κ2) is 15.9. The largest absolute Gasteiger partial charge is 0.385 e. The van der Waals surface area contributed by atoms with Crippen LogP contribution in [0.15, 0.2) is 0 Å². The number of carbonyl (C=O) groups excluding carboxylic acids is 1. The Morgan fingerprint density at radius 3 is 2.50 bits per heavy atom. The molecular weight excluding hydrogens is 215 g/mol. The quantitative estimate of drug-likeness (QED) is 0.480. The molecule has 0 aliphatic carbocycles. The number of methoxy groups -OCH3 is 1. The van der Waals surface area contributed by atoms with Gasteiger partial charge in [-0.25, -0.2) is 0 Å². The highest BCUT2D eigenvalue weighted by atomic mass is 32.2. The van der Waals surface area contributed by atoms with Gasteiger partial charge in [-0.05, 0) is 12.2 Å². The third-order valence-corrected chi connectivity index (χ3v) is 2.63. The summed E-state index contributed by atoms with van der Waals surface area (Å²) in [6.07, 6.45) is 2.49. The molecule has 14 heavy (non-hydrogen) atoms. The number of ketones is 1. The van der Waals surface area contributed by atoms with Gasteiger partial charge in [0.1, 0.15) is 5.78 Å². The van der Waals surface area contributed by atoms with Gasteiger partial charge in [0.2, 0.25) is 0 Å². The van der Waals surface area contributed by atoms with Crippen LogP contribution in [-0.2, 0) is 9.53 Å². The molecule has 0 saturated heterocycles. The Bertz CT molecular complexity index is 121. The lowest BCUT2D eigenvalue weighted by Gasteiger charge is -1.99. The minimum absolute atomic E-state index is 0.370. The number of thioether (sulfide) groups is 1. The Labute approximate surface area is 94.8 Å². The zero-order valence-corrected chi connectivity index (χ0v) is 11.5. The molecule has 0 bridgehead atoms. The maximum absolute atomic E-state index is 10.9. The first-order valence-electron chi connectivity index (χ1n) is 4.97. The molecule has 1 unspecified atom stereocenters. The van der Waals surface area contributed by atoms with Gasteiger partial charge in [0, 0.05) is 32.3 Å². The zero-order valence-electron chi connectivity index (χ0n) is 9.54. The molecule has 0 aromatic heterocycles. The van der Waals surface area contributed by atoms with Gasteiger partial charge in [0.25, 0.3) is 0 Å². The monoisotopic (exact) mass is 238 g/mol. The van der Waals surface area contributed by atoms with Crippen molar-refractivity contribution in [2.45, 2.75) is 26.2 Å². The summed E-state index contributed by atoms with van der Waals surface area (Å²) >= 11 is 1.84. The Kier molecular flexibility index (Phi) is 19.1. The van der Waals surface area contributed by atoms with Crippen molar-refractivity contribution in [3.05, 3.63) is 0 Å². The van der Waals surface area contributed by atoms with E-state index in [0.717, 1.165) is 31.0 Å². The second-order valence-electron chi connectivity index (χ2n) is 2.60. The smallest absolute Gasteiger partial charge is 0.133 e. The maximum atomic E-state index is 10.9. The summed E-state index contributed by atoms with van der Waals surface area (Å²) in [6, 6.07) is 0. The zero-order chi connectivity index (χ0) is 11.2. The molecule has 0 aliphatic heterocycles. The van der Waals surface area contributed by atoms with Crippen molar-refractivity contribution in [3.8, 4) is 0 Å². The molecule has 0 radical (unpaired) electrons. The Balaban J connectivity index is 0. The molecule has 4 heteroatoms. The third kappa shape index (κ3) is 14.9. The van der Waals surface area contributed by atoms with E-state index >= 15 is 0 Å². The average molecular weight is 238 g/mol. The predicted octanol–water partition coefficient (Wildman–Crippen LogP) is 2.62. The van der Waals surface area contributed by atoms with Gasteiger partial charge in [-0.15, -0.1) is 9.24 Å². The predicted molar refractivity (Wildman–Crippen MR) is 69.4 cm³/mol. The molecule has 2 nitrogen and oxygen atoms in total. The number of ether oxygens (including phenoxy) is 1. The summed E-state index contributed by atoms with van der Waals surface area (Å²) < 4.78 is 4.91. The summed E-state index contributed by atoms with van der Waals surface area (Å²) in [5.41, 5.74) is 0. The van der Waals surface area contributed by atoms with Crippen LogP contribution in [0.4, 0.5) is 0 Å². The fourth-order valence-corrected chi connectivity index (χ4v) is 1.67. The highest BCUT2D eigenvalue weighted by Gasteiger charge is 1.97. The summed E-state index contributed by atoms with van der Waals surface area (Å²) in [4.78, 5) is 10.9. The van der Waals surface area contributed by atoms with Crippen LogP contribution in [0.2, 0.25) is 0 Å². The standard InChI is InChI=1S/C9H18O2S.CH5P/c1-3-9(10)5-8-12-7-4-6-11-2;1-2/h3-8H2,1-2H3;2H2,1H3. The molecule has 1 atom stereocenters. The fraction of sp³-hybridized carbons (Fsp3) is 0.900. The normalized spacial score (nSPS) is 9.14. The average Bonchev–Trinajstić information content (AvgIpc) is 2.25. The van der Waals surface area contributed by atoms with Gasteiger partial charge in [0.05, 0.1) is 0 Å². The Morgan fingerprint density at radius 2 is 2.00 bits per heavy atom. The molecule has 0 spiro atoms. The molecule has 0 N–H and O–H groups in total. The maximum Gasteiger partial charge on any atom is 0.133 e. The van der Waals surface area contributed by atoms with Crippen LogP contribution in [0.25, 0.3) is 0 Å². The highest BCUT2D eigenvalue weighted by Crippen LogP contribution is 2.05. The van der Waals surface area contributed by atoms with E-state index in [1.165, 1.54) is 0 Å². The lowest BCUT2D eigenvalue weighted by molar-refractivity contribution is -0.118. The molecular formula is C10H23O2PS. The second-order valence-corrected chi connectivity index (χ2v) is 3.83. The summed E-state index contributed by atoms with van der Waals surface area (Å²) in [5, 5.41) is 0. The molecule has 0 saturated carbocycles. The van der Waals surface area contributed by atoms with Crippen LogP contribution in [0.3, 0.4) is 0 Å². The van der Waals surface area contributed by atoms with Crippen molar-refractivity contribution in [1.29, 1.82) is 0 Å². The first-order chi connectivity index (χ1) is 6.81. The molecule has 0 aromatic rings. The molecule has 0 rings (SSSR count). The summed E-state index contributed by atoms with van der Waals surface area (Å²) in [5.74, 6) is 2.44. The van der Waals surface area contributed by atoms with Crippen LogP contribution in [-0.4, -0.2) is 37.7 Å². The number of carbonyl (C=O) groups is 1. The van der Waals surface area contributed by atoms with E-state index in [1.807, 2.05) is 25.4 Å². The van der Waals surface area contributed by atoms with E-state index in [9.17, 15) is 4.79 Å². The van der Waals surface area contributed by atoms with Crippen LogP contribution < -0.4 is 0 Å². The van der Waals surface area contributed by atoms with Gasteiger partial charge in [-0.3, -0.25) is 4.79 Å². The Morgan fingerprint density at radius 1 is 1.36 bits per heavy atom. The van der Waals surface area contributed by atoms with E-state index < -0.39 is 0 Å². The number of hydrogen-bond donors (Lipinski definition) is 0. The topological polar surface area (TPSA) is 26.3 Å². The van der Waals surface area contributed by atoms with Gasteiger partial charge in [-0.2, -0.15) is 11.8 Å². The van der Waals surface area contributed by atoms with Crippen molar-refractivity contribution >= 4 is 26.8 Å². The van der Waals surface area contributed by atoms with E-state index in [4.69, 9.17) is 4.74 Å². The van der Waals surface area contributed by atoms with Crippen molar-refractivity contribution in [1.82, 2.24) is 0 Å². The van der Waals surface area contributed by atoms with E-state index in [1.54, 1.807) is 7.11 Å². The lowest BCUT2D eigenvalue weighted by Crippen LogP contribution is -1.98. The van der Waals surface area contributed by atoms with Crippen molar-refractivity contribution in [2.24, 2.45) is 0 Å². The molecule has 0 amide bonds. The molecule has 0 fully saturated rings. The minimum atomic E-state index is 0.370. The highest BCUT2D eigenvalue weighted by molar-refractivity contribution is 7.99. The van der Waals surface area contributed by atoms with Crippen LogP contribution in [0.5, 0.6) is 0 Å². The SMILES string of the molecule is CCC(=O)CCSCCCOC.CP. The van der Waals surface area contributed by atoms with Gasteiger partial charge in [-0.1, -0.05) is 13.6 Å². The van der Waals surface area contributed by atoms with Crippen molar-refractivity contribution in [3.63, 3.8) is 0 Å². The van der Waals surface area contributed by atoms with Crippen molar-refractivity contribution < 1.29 is 9.53 Å². The minimum Gasteiger partial charge on any atom is -0.385 e. The first kappa shape index (κ1) is 16.8. The molecule has 0 heterocycles. The van der Waals surface area contributed by atoms with E-state index in [0.29, 0.717) is 12.2 Å². The van der Waals surface area contributed by atoms with E-state index in [2.05, 4.69) is 9.24 Å². The van der Waals surface area contributed by atoms with Crippen molar-refractivity contribution in [2.75, 3.05) is 31.9 Å². The van der Waals surface area contributed by atoms with Gasteiger partial charge < -0.3 is 4.74 Å². The van der Waals surface area contributed by atoms with Gasteiger partial charge in [0.15, 0.2) is 0 Å². The van der Waals surface area contributed by atoms with E-state index in [-0.39, 0.29) is 0 Å². The fourth-order valence-electron chi connectivity index (χ4n) is 0.770. The third-order valence-electron chi connectivity index (χ3n) is 1.56. The first-order valence-corrected chi connectivity index (χ1v) is 7.28. The Hall–Kier alpha value is 0.410. The van der Waals surface area contributed by atoms with Crippen LogP contribution in [0, 0.1) is 0 Å². The van der Waals surface area contributed by atoms with Crippen LogP contribution in [0.1, 0.15) is 26.2 Å². The lowest BCUT2D eigenvalue weighted by atomic mass is 10.2. The van der Waals surface area contributed by atoms with Crippen LogP contribution >= 0.6 is 21.0 Å². The molecule has 86 valence electrons. The summed E-state index contributed by atoms with van der Waals surface area (Å²) in [6.45, 7) is 4.66. The molecule has 0 aliphatic rings. The number of Topliss-reactive ketones (excluding diaryl/α,β-unsaturated/α-hetero) is 1. The van der Waals surface area contributed by atoms with Gasteiger partial charge >= 0.3 is 0 Å². The number of rotatable bonds is 8. The number of hydrogen-bond acceptors (Lipinski definition) is 3.